The summed E-state index contributed by atoms with van der Waals surface area (Å²) in [5.41, 5.74) is 2.56. The molecule has 1 fully saturated rings. The van der Waals surface area contributed by atoms with Crippen molar-refractivity contribution in [3.63, 3.8) is 0 Å². The number of carbonyl (C=O) groups excluding carboxylic acids is 1. The fourth-order valence-electron chi connectivity index (χ4n) is 3.83. The van der Waals surface area contributed by atoms with Crippen LogP contribution in [0, 0.1) is 11.3 Å². The van der Waals surface area contributed by atoms with Crippen LogP contribution in [0.5, 0.6) is 5.75 Å². The third kappa shape index (κ3) is 4.53. The Bertz CT molecular complexity index is 1100. The first kappa shape index (κ1) is 20.5. The van der Waals surface area contributed by atoms with Crippen LogP contribution in [0.15, 0.2) is 54.6 Å². The van der Waals surface area contributed by atoms with Gasteiger partial charge in [-0.1, -0.05) is 18.2 Å². The lowest BCUT2D eigenvalue weighted by Gasteiger charge is -2.37. The maximum atomic E-state index is 12.8. The molecule has 2 heterocycles. The number of carbonyl (C=O) groups is 1. The average molecular weight is 415 g/mol. The van der Waals surface area contributed by atoms with E-state index in [-0.39, 0.29) is 12.3 Å². The van der Waals surface area contributed by atoms with Gasteiger partial charge >= 0.3 is 0 Å². The number of fused-ring (bicyclic) bond motifs is 1. The summed E-state index contributed by atoms with van der Waals surface area (Å²) in [6.07, 6.45) is 0.287. The Morgan fingerprint density at radius 2 is 1.81 bits per heavy atom. The maximum Gasteiger partial charge on any atom is 0.252 e. The third-order valence-electron chi connectivity index (χ3n) is 5.51. The van der Waals surface area contributed by atoms with Gasteiger partial charge < -0.3 is 19.9 Å². The number of anilines is 2. The molecular formula is C24H25N5O2. The van der Waals surface area contributed by atoms with Crippen LogP contribution in [0.25, 0.3) is 10.9 Å². The monoisotopic (exact) mass is 415 g/mol. The highest BCUT2D eigenvalue weighted by molar-refractivity contribution is 6.07. The van der Waals surface area contributed by atoms with Gasteiger partial charge in [0.1, 0.15) is 11.6 Å². The van der Waals surface area contributed by atoms with Gasteiger partial charge in [-0.15, -0.1) is 0 Å². The predicted molar refractivity (Wildman–Crippen MR) is 122 cm³/mol. The van der Waals surface area contributed by atoms with E-state index in [2.05, 4.69) is 33.3 Å². The van der Waals surface area contributed by atoms with Gasteiger partial charge in [-0.05, 0) is 36.4 Å². The van der Waals surface area contributed by atoms with Crippen LogP contribution in [0.4, 0.5) is 11.5 Å². The predicted octanol–water partition coefficient (Wildman–Crippen LogP) is 3.21. The normalized spacial score (nSPS) is 13.7. The van der Waals surface area contributed by atoms with Gasteiger partial charge in [-0.2, -0.15) is 5.26 Å². The molecule has 0 atom stereocenters. The van der Waals surface area contributed by atoms with Gasteiger partial charge in [0.25, 0.3) is 5.91 Å². The summed E-state index contributed by atoms with van der Waals surface area (Å²) in [6, 6.07) is 19.7. The molecule has 3 aromatic rings. The molecule has 31 heavy (non-hydrogen) atoms. The molecule has 1 saturated heterocycles. The van der Waals surface area contributed by atoms with Crippen LogP contribution in [0.1, 0.15) is 16.8 Å². The second kappa shape index (κ2) is 9.35. The molecule has 0 spiro atoms. The van der Waals surface area contributed by atoms with Crippen molar-refractivity contribution in [3.05, 3.63) is 60.2 Å². The number of aromatic nitrogens is 1. The number of ether oxygens (including phenoxy) is 1. The number of hydrogen-bond acceptors (Lipinski definition) is 6. The Kier molecular flexibility index (Phi) is 6.18. The molecular weight excluding hydrogens is 390 g/mol. The first-order valence-electron chi connectivity index (χ1n) is 10.4. The number of rotatable bonds is 6. The van der Waals surface area contributed by atoms with Crippen LogP contribution in [-0.2, 0) is 0 Å². The van der Waals surface area contributed by atoms with E-state index in [4.69, 9.17) is 15.0 Å². The number of nitriles is 1. The van der Waals surface area contributed by atoms with E-state index in [9.17, 15) is 4.79 Å². The van der Waals surface area contributed by atoms with E-state index in [1.165, 1.54) is 5.69 Å². The molecule has 0 radical (unpaired) electrons. The molecule has 7 heteroatoms. The second-order valence-electron chi connectivity index (χ2n) is 7.38. The number of piperazine rings is 1. The lowest BCUT2D eigenvalue weighted by atomic mass is 10.1. The largest absolute Gasteiger partial charge is 0.497 e. The van der Waals surface area contributed by atoms with E-state index in [0.717, 1.165) is 48.6 Å². The zero-order chi connectivity index (χ0) is 21.6. The third-order valence-corrected chi connectivity index (χ3v) is 5.51. The van der Waals surface area contributed by atoms with Gasteiger partial charge in [0, 0.05) is 43.8 Å². The van der Waals surface area contributed by atoms with Crippen molar-refractivity contribution in [1.82, 2.24) is 10.3 Å². The SMILES string of the molecule is COc1ccc(N2CCN(c3cc(C(=O)NCCC#N)c4ccccc4n3)CC2)cc1. The molecule has 2 aromatic carbocycles. The lowest BCUT2D eigenvalue weighted by molar-refractivity contribution is 0.0956. The molecule has 1 aliphatic rings. The Balaban J connectivity index is 1.53. The fraction of sp³-hybridized carbons (Fsp3) is 0.292. The smallest absolute Gasteiger partial charge is 0.252 e. The molecule has 158 valence electrons. The summed E-state index contributed by atoms with van der Waals surface area (Å²) in [5.74, 6) is 1.48. The number of benzene rings is 2. The van der Waals surface area contributed by atoms with E-state index in [0.29, 0.717) is 12.1 Å². The maximum absolute atomic E-state index is 12.8. The second-order valence-corrected chi connectivity index (χ2v) is 7.38. The van der Waals surface area contributed by atoms with Crippen LogP contribution in [0.2, 0.25) is 0 Å². The van der Waals surface area contributed by atoms with Crippen LogP contribution in [0.3, 0.4) is 0 Å². The van der Waals surface area contributed by atoms with E-state index >= 15 is 0 Å². The first-order valence-corrected chi connectivity index (χ1v) is 10.4. The van der Waals surface area contributed by atoms with Gasteiger partial charge in [0.15, 0.2) is 0 Å². The van der Waals surface area contributed by atoms with Crippen molar-refractivity contribution in [1.29, 1.82) is 5.26 Å². The van der Waals surface area contributed by atoms with Gasteiger partial charge in [-0.25, -0.2) is 4.98 Å². The number of amides is 1. The van der Waals surface area contributed by atoms with E-state index < -0.39 is 0 Å². The minimum absolute atomic E-state index is 0.174. The minimum Gasteiger partial charge on any atom is -0.497 e. The zero-order valence-corrected chi connectivity index (χ0v) is 17.5. The lowest BCUT2D eigenvalue weighted by Crippen LogP contribution is -2.47. The Morgan fingerprint density at radius 1 is 1.10 bits per heavy atom. The number of hydrogen-bond donors (Lipinski definition) is 1. The summed E-state index contributed by atoms with van der Waals surface area (Å²) in [5, 5.41) is 12.4. The highest BCUT2D eigenvalue weighted by atomic mass is 16.5. The number of para-hydroxylation sites is 1. The number of nitrogens with one attached hydrogen (secondary N) is 1. The van der Waals surface area contributed by atoms with E-state index in [1.54, 1.807) is 7.11 Å². The van der Waals surface area contributed by atoms with Crippen LogP contribution in [-0.4, -0.2) is 50.7 Å². The summed E-state index contributed by atoms with van der Waals surface area (Å²) < 4.78 is 5.24. The van der Waals surface area contributed by atoms with Crippen molar-refractivity contribution < 1.29 is 9.53 Å². The molecule has 1 aliphatic heterocycles. The van der Waals surface area contributed by atoms with Crippen molar-refractivity contribution in [2.24, 2.45) is 0 Å². The summed E-state index contributed by atoms with van der Waals surface area (Å²) >= 11 is 0. The molecule has 0 saturated carbocycles. The van der Waals surface area contributed by atoms with E-state index in [1.807, 2.05) is 42.5 Å². The molecule has 0 aliphatic carbocycles. The van der Waals surface area contributed by atoms with Gasteiger partial charge in [0.05, 0.1) is 30.7 Å². The van der Waals surface area contributed by atoms with Gasteiger partial charge in [0.2, 0.25) is 0 Å². The topological polar surface area (TPSA) is 81.5 Å². The molecule has 1 aromatic heterocycles. The molecule has 7 nitrogen and oxygen atoms in total. The number of pyridine rings is 1. The molecule has 0 unspecified atom stereocenters. The van der Waals surface area contributed by atoms with Crippen molar-refractivity contribution in [2.75, 3.05) is 49.6 Å². The molecule has 1 N–H and O–H groups in total. The Labute approximate surface area is 181 Å². The quantitative estimate of drug-likeness (QED) is 0.623. The van der Waals surface area contributed by atoms with Crippen molar-refractivity contribution in [2.45, 2.75) is 6.42 Å². The summed E-state index contributed by atoms with van der Waals surface area (Å²) in [6.45, 7) is 3.69. The number of nitrogens with zero attached hydrogens (tertiary/aromatic N) is 4. The molecule has 4 rings (SSSR count). The van der Waals surface area contributed by atoms with Crippen molar-refractivity contribution in [3.8, 4) is 11.8 Å². The Morgan fingerprint density at radius 3 is 2.52 bits per heavy atom. The first-order chi connectivity index (χ1) is 15.2. The fourth-order valence-corrected chi connectivity index (χ4v) is 3.83. The number of methoxy groups -OCH3 is 1. The van der Waals surface area contributed by atoms with Crippen LogP contribution < -0.4 is 19.9 Å². The van der Waals surface area contributed by atoms with Gasteiger partial charge in [-0.3, -0.25) is 4.79 Å². The minimum atomic E-state index is -0.174. The van der Waals surface area contributed by atoms with Crippen molar-refractivity contribution >= 4 is 28.3 Å². The Hall–Kier alpha value is -3.79. The highest BCUT2D eigenvalue weighted by Gasteiger charge is 2.21. The summed E-state index contributed by atoms with van der Waals surface area (Å²) in [4.78, 5) is 22.2. The summed E-state index contributed by atoms with van der Waals surface area (Å²) in [7, 11) is 1.67. The highest BCUT2D eigenvalue weighted by Crippen LogP contribution is 2.26. The van der Waals surface area contributed by atoms with Crippen LogP contribution >= 0.6 is 0 Å². The average Bonchev–Trinajstić information content (AvgIpc) is 2.83. The zero-order valence-electron chi connectivity index (χ0n) is 17.5. The molecule has 0 bridgehead atoms. The molecule has 1 amide bonds. The standard InChI is InChI=1S/C24H25N5O2/c1-31-19-9-7-18(8-10-19)28-13-15-29(16-14-28)23-17-21(24(30)26-12-4-11-25)20-5-2-3-6-22(20)27-23/h2-3,5-10,17H,4,12-16H2,1H3,(H,26,30).